The predicted octanol–water partition coefficient (Wildman–Crippen LogP) is 9.63. The van der Waals surface area contributed by atoms with E-state index in [0.29, 0.717) is 0 Å². The quantitative estimate of drug-likeness (QED) is 0.0566. The zero-order valence-electron chi connectivity index (χ0n) is 25.3. The molecule has 0 aliphatic heterocycles. The molecule has 1 rings (SSSR count). The molecule has 38 heavy (non-hydrogen) atoms. The molecule has 0 heterocycles. The van der Waals surface area contributed by atoms with Gasteiger partial charge in [0.15, 0.2) is 0 Å². The lowest BCUT2D eigenvalue weighted by Crippen LogP contribution is -2.47. The Hall–Kier alpha value is -0.620. The molecule has 1 aromatic carbocycles. The van der Waals surface area contributed by atoms with Crippen LogP contribution >= 0.6 is 11.6 Å². The first-order valence-electron chi connectivity index (χ1n) is 15.6. The standard InChI is InChI=1S/C25H53ClN.C7H8O3S/c1-4-6-8-10-12-14-16-18-20-23-27(3,25-22-26)24-21-19-17-15-13-11-9-7-5-2;1-6-2-4-7(5-3-6)11(8,9)10/h4-25H2,1-3H3;2-5H,1H3,(H,8,9,10)/q+1;/p-1. The van der Waals surface area contributed by atoms with Crippen molar-refractivity contribution in [3.8, 4) is 0 Å². The van der Waals surface area contributed by atoms with Crippen LogP contribution in [0.1, 0.15) is 135 Å². The Kier molecular flexibility index (Phi) is 23.8. The zero-order chi connectivity index (χ0) is 28.5. The van der Waals surface area contributed by atoms with E-state index in [1.54, 1.807) is 12.1 Å². The Balaban J connectivity index is 0.00000103. The van der Waals surface area contributed by atoms with Gasteiger partial charge in [0.2, 0.25) is 0 Å². The van der Waals surface area contributed by atoms with Crippen LogP contribution in [0, 0.1) is 6.92 Å². The Morgan fingerprint density at radius 1 is 0.632 bits per heavy atom. The summed E-state index contributed by atoms with van der Waals surface area (Å²) >= 11 is 6.12. The lowest BCUT2D eigenvalue weighted by Gasteiger charge is -2.34. The average Bonchev–Trinajstić information content (AvgIpc) is 2.87. The first-order chi connectivity index (χ1) is 18.2. The third kappa shape index (κ3) is 22.2. The van der Waals surface area contributed by atoms with Gasteiger partial charge in [-0.2, -0.15) is 0 Å². The van der Waals surface area contributed by atoms with Gasteiger partial charge in [-0.25, -0.2) is 8.42 Å². The normalized spacial score (nSPS) is 11.8. The highest BCUT2D eigenvalue weighted by atomic mass is 35.5. The van der Waals surface area contributed by atoms with Crippen LogP contribution in [0.5, 0.6) is 0 Å². The number of halogens is 1. The highest BCUT2D eigenvalue weighted by Crippen LogP contribution is 2.15. The van der Waals surface area contributed by atoms with E-state index in [0.717, 1.165) is 18.0 Å². The summed E-state index contributed by atoms with van der Waals surface area (Å²) in [4.78, 5) is -0.178. The van der Waals surface area contributed by atoms with Gasteiger partial charge in [0.25, 0.3) is 0 Å². The number of nitrogens with zero attached hydrogens (tertiary/aromatic N) is 1. The van der Waals surface area contributed by atoms with Gasteiger partial charge in [-0.15, -0.1) is 11.6 Å². The second-order valence-electron chi connectivity index (χ2n) is 11.4. The number of hydrogen-bond acceptors (Lipinski definition) is 3. The van der Waals surface area contributed by atoms with Gasteiger partial charge in [0, 0.05) is 0 Å². The van der Waals surface area contributed by atoms with Crippen LogP contribution in [0.25, 0.3) is 0 Å². The summed E-state index contributed by atoms with van der Waals surface area (Å²) in [5, 5.41) is 0. The van der Waals surface area contributed by atoms with Crippen molar-refractivity contribution in [2.24, 2.45) is 0 Å². The first kappa shape index (κ1) is 37.4. The zero-order valence-corrected chi connectivity index (χ0v) is 26.9. The van der Waals surface area contributed by atoms with Crippen LogP contribution < -0.4 is 0 Å². The van der Waals surface area contributed by atoms with Crippen molar-refractivity contribution >= 4 is 21.7 Å². The van der Waals surface area contributed by atoms with E-state index < -0.39 is 10.1 Å². The van der Waals surface area contributed by atoms with Crippen LogP contribution in [0.15, 0.2) is 29.2 Å². The van der Waals surface area contributed by atoms with Gasteiger partial charge in [-0.3, -0.25) is 0 Å². The molecule has 0 aliphatic rings. The SMILES string of the molecule is CCCCCCCCCCC[N+](C)(CCCl)CCCCCCCCCCC.Cc1ccc(S(=O)(=O)[O-])cc1. The third-order valence-corrected chi connectivity index (χ3v) is 8.56. The fourth-order valence-corrected chi connectivity index (χ4v) is 5.73. The van der Waals surface area contributed by atoms with Gasteiger partial charge in [-0.1, -0.05) is 121 Å². The molecule has 0 saturated heterocycles. The van der Waals surface area contributed by atoms with Gasteiger partial charge in [0.1, 0.15) is 10.1 Å². The smallest absolute Gasteiger partial charge is 0.124 e. The molecule has 0 amide bonds. The Morgan fingerprint density at radius 3 is 1.29 bits per heavy atom. The molecule has 0 aliphatic carbocycles. The molecule has 0 bridgehead atoms. The number of rotatable bonds is 23. The molecule has 0 radical (unpaired) electrons. The summed E-state index contributed by atoms with van der Waals surface area (Å²) < 4.78 is 32.4. The number of hydrogen-bond donors (Lipinski definition) is 0. The molecule has 0 atom stereocenters. The summed E-state index contributed by atoms with van der Waals surface area (Å²) in [5.74, 6) is 0.811. The average molecular weight is 574 g/mol. The van der Waals surface area contributed by atoms with Gasteiger partial charge in [0.05, 0.1) is 37.5 Å². The largest absolute Gasteiger partial charge is 0.744 e. The summed E-state index contributed by atoms with van der Waals surface area (Å²) in [6, 6.07) is 5.78. The monoisotopic (exact) mass is 573 g/mol. The van der Waals surface area contributed by atoms with E-state index in [2.05, 4.69) is 20.9 Å². The molecule has 0 N–H and O–H groups in total. The molecule has 0 saturated carbocycles. The molecular formula is C32H60ClNO3S. The molecule has 0 aromatic heterocycles. The topological polar surface area (TPSA) is 57.2 Å². The summed E-state index contributed by atoms with van der Waals surface area (Å²) in [7, 11) is -1.83. The molecular weight excluding hydrogens is 514 g/mol. The van der Waals surface area contributed by atoms with Crippen molar-refractivity contribution in [1.82, 2.24) is 0 Å². The van der Waals surface area contributed by atoms with E-state index in [-0.39, 0.29) is 4.90 Å². The molecule has 0 fully saturated rings. The summed E-state index contributed by atoms with van der Waals surface area (Å²) in [6.07, 6.45) is 25.6. The van der Waals surface area contributed by atoms with E-state index >= 15 is 0 Å². The number of unbranched alkanes of at least 4 members (excludes halogenated alkanes) is 16. The van der Waals surface area contributed by atoms with Crippen LogP contribution in [0.2, 0.25) is 0 Å². The van der Waals surface area contributed by atoms with Crippen LogP contribution in [-0.2, 0) is 10.1 Å². The predicted molar refractivity (Wildman–Crippen MR) is 165 cm³/mol. The van der Waals surface area contributed by atoms with E-state index in [9.17, 15) is 13.0 Å². The number of quaternary nitrogens is 1. The van der Waals surface area contributed by atoms with Gasteiger partial charge >= 0.3 is 0 Å². The maximum Gasteiger partial charge on any atom is 0.124 e. The maximum absolute atomic E-state index is 10.4. The molecule has 6 heteroatoms. The van der Waals surface area contributed by atoms with Crippen molar-refractivity contribution in [3.05, 3.63) is 29.8 Å². The number of alkyl halides is 1. The van der Waals surface area contributed by atoms with Crippen molar-refractivity contribution in [2.75, 3.05) is 32.6 Å². The summed E-state index contributed by atoms with van der Waals surface area (Å²) in [5.41, 5.74) is 0.928. The van der Waals surface area contributed by atoms with E-state index in [4.69, 9.17) is 11.6 Å². The Labute approximate surface area is 242 Å². The lowest BCUT2D eigenvalue weighted by atomic mass is 10.1. The second kappa shape index (κ2) is 24.2. The molecule has 0 unspecified atom stereocenters. The lowest BCUT2D eigenvalue weighted by molar-refractivity contribution is -0.907. The first-order valence-corrected chi connectivity index (χ1v) is 17.5. The minimum atomic E-state index is -4.27. The minimum Gasteiger partial charge on any atom is -0.744 e. The number of benzene rings is 1. The highest BCUT2D eigenvalue weighted by Gasteiger charge is 2.19. The Morgan fingerprint density at radius 2 is 0.974 bits per heavy atom. The van der Waals surface area contributed by atoms with E-state index in [1.165, 1.54) is 145 Å². The molecule has 0 spiro atoms. The van der Waals surface area contributed by atoms with Crippen molar-refractivity contribution < 1.29 is 17.5 Å². The minimum absolute atomic E-state index is 0.178. The summed E-state index contributed by atoms with van der Waals surface area (Å²) in [6.45, 7) is 10.2. The fourth-order valence-electron chi connectivity index (χ4n) is 4.85. The maximum atomic E-state index is 10.4. The third-order valence-electron chi connectivity index (χ3n) is 7.54. The van der Waals surface area contributed by atoms with Crippen molar-refractivity contribution in [1.29, 1.82) is 0 Å². The molecule has 1 aromatic rings. The van der Waals surface area contributed by atoms with Crippen molar-refractivity contribution in [3.63, 3.8) is 0 Å². The van der Waals surface area contributed by atoms with Gasteiger partial charge in [-0.05, 0) is 44.7 Å². The Bertz CT molecular complexity index is 730. The second-order valence-corrected chi connectivity index (χ2v) is 13.2. The number of aryl methyl sites for hydroxylation is 1. The fraction of sp³-hybridized carbons (Fsp3) is 0.812. The van der Waals surface area contributed by atoms with E-state index in [1.807, 2.05) is 6.92 Å². The van der Waals surface area contributed by atoms with Crippen LogP contribution in [-0.4, -0.2) is 50.0 Å². The highest BCUT2D eigenvalue weighted by molar-refractivity contribution is 7.85. The van der Waals surface area contributed by atoms with Crippen LogP contribution in [0.3, 0.4) is 0 Å². The van der Waals surface area contributed by atoms with Gasteiger partial charge < -0.3 is 9.04 Å². The molecule has 224 valence electrons. The van der Waals surface area contributed by atoms with Crippen LogP contribution in [0.4, 0.5) is 0 Å². The molecule has 4 nitrogen and oxygen atoms in total. The van der Waals surface area contributed by atoms with Crippen molar-refractivity contribution in [2.45, 2.75) is 141 Å².